The molecule has 0 spiro atoms. The molecule has 0 bridgehead atoms. The highest BCUT2D eigenvalue weighted by Gasteiger charge is 2.52. The Morgan fingerprint density at radius 3 is 1.85 bits per heavy atom. The summed E-state index contributed by atoms with van der Waals surface area (Å²) in [4.78, 5) is 0. The zero-order valence-corrected chi connectivity index (χ0v) is 15.8. The minimum absolute atomic E-state index is 0.302. The van der Waals surface area contributed by atoms with Crippen LogP contribution in [0.4, 0.5) is 0 Å². The van der Waals surface area contributed by atoms with E-state index in [2.05, 4.69) is 0 Å². The van der Waals surface area contributed by atoms with E-state index < -0.39 is 49.2 Å². The molecular formula is C16H30O10. The summed E-state index contributed by atoms with van der Waals surface area (Å²) in [5, 5.41) is 19.7. The van der Waals surface area contributed by atoms with Crippen molar-refractivity contribution < 1.29 is 48.1 Å². The highest BCUT2D eigenvalue weighted by atomic mass is 16.8. The number of aliphatic hydroxyl groups is 2. The summed E-state index contributed by atoms with van der Waals surface area (Å²) in [5.41, 5.74) is 0. The van der Waals surface area contributed by atoms with Gasteiger partial charge in [-0.2, -0.15) is 0 Å². The molecule has 2 fully saturated rings. The summed E-state index contributed by atoms with van der Waals surface area (Å²) in [6.07, 6.45) is -6.44. The van der Waals surface area contributed by atoms with Crippen LogP contribution < -0.4 is 0 Å². The van der Waals surface area contributed by atoms with Crippen LogP contribution in [0.3, 0.4) is 0 Å². The maximum atomic E-state index is 10.1. The van der Waals surface area contributed by atoms with Crippen molar-refractivity contribution in [2.45, 2.75) is 55.3 Å². The molecule has 2 aliphatic rings. The van der Waals surface area contributed by atoms with Gasteiger partial charge in [0.25, 0.3) is 0 Å². The van der Waals surface area contributed by atoms with Crippen LogP contribution in [0.2, 0.25) is 0 Å². The van der Waals surface area contributed by atoms with E-state index in [-0.39, 0.29) is 12.7 Å². The van der Waals surface area contributed by atoms with Gasteiger partial charge >= 0.3 is 0 Å². The van der Waals surface area contributed by atoms with Crippen molar-refractivity contribution in [2.75, 3.05) is 48.8 Å². The molecule has 0 unspecified atom stereocenters. The van der Waals surface area contributed by atoms with E-state index in [1.807, 2.05) is 0 Å². The molecule has 0 aromatic rings. The second-order valence-corrected chi connectivity index (χ2v) is 6.15. The van der Waals surface area contributed by atoms with E-state index in [9.17, 15) is 10.2 Å². The van der Waals surface area contributed by atoms with E-state index in [1.54, 1.807) is 14.2 Å². The summed E-state index contributed by atoms with van der Waals surface area (Å²) < 4.78 is 44.3. The normalized spacial score (nSPS) is 43.7. The standard InChI is InChI=1S/C16H30O10/c1-19-7-9-10(20-2)14(23-5)16(25-9)26-11-8(6-17)24-15(18)13(22-4)12(11)21-3/h8-18H,6-7H2,1-5H3/t8-,9+,10-,11-,12+,13-,14+,15+,16-/m1/s1. The van der Waals surface area contributed by atoms with E-state index >= 15 is 0 Å². The highest BCUT2D eigenvalue weighted by Crippen LogP contribution is 2.32. The molecule has 154 valence electrons. The fourth-order valence-electron chi connectivity index (χ4n) is 3.51. The van der Waals surface area contributed by atoms with Gasteiger partial charge in [-0.1, -0.05) is 0 Å². The van der Waals surface area contributed by atoms with Gasteiger partial charge < -0.3 is 48.1 Å². The number of rotatable bonds is 9. The first kappa shape index (κ1) is 21.9. The van der Waals surface area contributed by atoms with E-state index in [1.165, 1.54) is 21.3 Å². The van der Waals surface area contributed by atoms with Crippen LogP contribution in [0.1, 0.15) is 0 Å². The predicted molar refractivity (Wildman–Crippen MR) is 86.6 cm³/mol. The molecule has 0 amide bonds. The molecule has 2 rings (SSSR count). The summed E-state index contributed by atoms with van der Waals surface area (Å²) >= 11 is 0. The average molecular weight is 382 g/mol. The number of methoxy groups -OCH3 is 5. The Hall–Kier alpha value is -0.400. The Labute approximate surface area is 153 Å². The Morgan fingerprint density at radius 2 is 1.35 bits per heavy atom. The van der Waals surface area contributed by atoms with Crippen LogP contribution in [0.15, 0.2) is 0 Å². The fraction of sp³-hybridized carbons (Fsp3) is 1.00. The third-order valence-electron chi connectivity index (χ3n) is 4.77. The third-order valence-corrected chi connectivity index (χ3v) is 4.77. The van der Waals surface area contributed by atoms with Crippen LogP contribution in [0, 0.1) is 0 Å². The molecule has 9 atom stereocenters. The van der Waals surface area contributed by atoms with Crippen molar-refractivity contribution in [1.82, 2.24) is 0 Å². The first-order valence-electron chi connectivity index (χ1n) is 8.41. The molecule has 0 aromatic heterocycles. The van der Waals surface area contributed by atoms with Gasteiger partial charge in [0, 0.05) is 35.5 Å². The zero-order chi connectivity index (χ0) is 19.3. The number of hydrogen-bond acceptors (Lipinski definition) is 10. The van der Waals surface area contributed by atoms with Crippen LogP contribution in [0.5, 0.6) is 0 Å². The number of ether oxygens (including phenoxy) is 8. The lowest BCUT2D eigenvalue weighted by atomic mass is 9.98. The first-order valence-corrected chi connectivity index (χ1v) is 8.41. The van der Waals surface area contributed by atoms with Crippen LogP contribution in [-0.4, -0.2) is 114 Å². The second kappa shape index (κ2) is 10.2. The molecule has 0 radical (unpaired) electrons. The molecule has 0 aromatic carbocycles. The topological polar surface area (TPSA) is 114 Å². The number of aliphatic hydroxyl groups excluding tert-OH is 2. The summed E-state index contributed by atoms with van der Waals surface area (Å²) in [7, 11) is 7.55. The Balaban J connectivity index is 2.19. The highest BCUT2D eigenvalue weighted by molar-refractivity contribution is 4.95. The molecule has 2 N–H and O–H groups in total. The largest absolute Gasteiger partial charge is 0.394 e. The monoisotopic (exact) mass is 382 g/mol. The van der Waals surface area contributed by atoms with Gasteiger partial charge in [-0.15, -0.1) is 0 Å². The molecule has 2 heterocycles. The predicted octanol–water partition coefficient (Wildman–Crippen LogP) is -1.49. The Bertz CT molecular complexity index is 410. The Kier molecular flexibility index (Phi) is 8.61. The molecule has 0 saturated carbocycles. The lowest BCUT2D eigenvalue weighted by Crippen LogP contribution is -2.61. The quantitative estimate of drug-likeness (QED) is 0.489. The maximum Gasteiger partial charge on any atom is 0.187 e. The van der Waals surface area contributed by atoms with Crippen molar-refractivity contribution in [1.29, 1.82) is 0 Å². The van der Waals surface area contributed by atoms with Crippen molar-refractivity contribution in [2.24, 2.45) is 0 Å². The molecule has 0 aliphatic carbocycles. The van der Waals surface area contributed by atoms with E-state index in [4.69, 9.17) is 37.9 Å². The third kappa shape index (κ3) is 4.36. The summed E-state index contributed by atoms with van der Waals surface area (Å²) in [6, 6.07) is 0. The maximum absolute atomic E-state index is 10.1. The molecular weight excluding hydrogens is 352 g/mol. The van der Waals surface area contributed by atoms with Gasteiger partial charge in [0.1, 0.15) is 42.7 Å². The van der Waals surface area contributed by atoms with Crippen molar-refractivity contribution in [3.8, 4) is 0 Å². The van der Waals surface area contributed by atoms with E-state index in [0.29, 0.717) is 6.61 Å². The van der Waals surface area contributed by atoms with Crippen LogP contribution >= 0.6 is 0 Å². The Morgan fingerprint density at radius 1 is 0.731 bits per heavy atom. The van der Waals surface area contributed by atoms with E-state index in [0.717, 1.165) is 0 Å². The lowest BCUT2D eigenvalue weighted by molar-refractivity contribution is -0.328. The molecule has 2 saturated heterocycles. The first-order chi connectivity index (χ1) is 12.6. The molecule has 2 aliphatic heterocycles. The lowest BCUT2D eigenvalue weighted by Gasteiger charge is -2.44. The zero-order valence-electron chi connectivity index (χ0n) is 15.8. The van der Waals surface area contributed by atoms with Crippen LogP contribution in [-0.2, 0) is 37.9 Å². The number of hydrogen-bond donors (Lipinski definition) is 2. The van der Waals surface area contributed by atoms with Gasteiger partial charge in [-0.25, -0.2) is 0 Å². The van der Waals surface area contributed by atoms with Gasteiger partial charge in [-0.3, -0.25) is 0 Å². The molecule has 10 nitrogen and oxygen atoms in total. The van der Waals surface area contributed by atoms with Gasteiger partial charge in [0.05, 0.1) is 13.2 Å². The SMILES string of the molecule is COC[C@@H]1O[C@H](O[C@H]2[C@H](OC)[C@@H](OC)[C@@H](O)O[C@@H]2CO)[C@@H](OC)[C@@H]1OC. The van der Waals surface area contributed by atoms with Crippen molar-refractivity contribution in [3.05, 3.63) is 0 Å². The second-order valence-electron chi connectivity index (χ2n) is 6.15. The minimum Gasteiger partial charge on any atom is -0.394 e. The van der Waals surface area contributed by atoms with Crippen LogP contribution in [0.25, 0.3) is 0 Å². The summed E-state index contributed by atoms with van der Waals surface area (Å²) in [6.45, 7) is -0.0759. The average Bonchev–Trinajstić information content (AvgIpc) is 2.98. The smallest absolute Gasteiger partial charge is 0.187 e. The van der Waals surface area contributed by atoms with Gasteiger partial charge in [-0.05, 0) is 0 Å². The van der Waals surface area contributed by atoms with Crippen molar-refractivity contribution >= 4 is 0 Å². The summed E-state index contributed by atoms with van der Waals surface area (Å²) in [5.74, 6) is 0. The van der Waals surface area contributed by atoms with Gasteiger partial charge in [0.15, 0.2) is 12.6 Å². The molecule has 26 heavy (non-hydrogen) atoms. The fourth-order valence-corrected chi connectivity index (χ4v) is 3.51. The minimum atomic E-state index is -1.25. The molecule has 10 heteroatoms. The van der Waals surface area contributed by atoms with Crippen molar-refractivity contribution in [3.63, 3.8) is 0 Å². The van der Waals surface area contributed by atoms with Gasteiger partial charge in [0.2, 0.25) is 0 Å².